The summed E-state index contributed by atoms with van der Waals surface area (Å²) in [5.41, 5.74) is 2.44. The molecule has 0 aliphatic heterocycles. The van der Waals surface area contributed by atoms with Gasteiger partial charge in [-0.15, -0.1) is 0 Å². The largest absolute Gasteiger partial charge is 0.297 e. The van der Waals surface area contributed by atoms with E-state index in [4.69, 9.17) is 4.74 Å². The average molecular weight is 376 g/mol. The lowest BCUT2D eigenvalue weighted by Gasteiger charge is -2.56. The van der Waals surface area contributed by atoms with Crippen LogP contribution in [0.4, 0.5) is 0 Å². The number of hydrogen-bond donors (Lipinski definition) is 0. The Balaban J connectivity index is 1.43. The molecule has 6 aliphatic carbocycles. The Morgan fingerprint density at radius 2 is 1.12 bits per heavy atom. The highest BCUT2D eigenvalue weighted by atomic mass is 31.2. The Morgan fingerprint density at radius 1 is 0.692 bits per heavy atom. The molecule has 2 atom stereocenters. The van der Waals surface area contributed by atoms with Crippen molar-refractivity contribution in [3.05, 3.63) is 0 Å². The van der Waals surface area contributed by atoms with E-state index in [0.29, 0.717) is 16.4 Å². The Bertz CT molecular complexity index is 594. The van der Waals surface area contributed by atoms with E-state index in [1.807, 2.05) is 0 Å². The van der Waals surface area contributed by atoms with Crippen molar-refractivity contribution in [1.29, 1.82) is 0 Å². The van der Waals surface area contributed by atoms with Crippen molar-refractivity contribution in [2.45, 2.75) is 96.7 Å². The Hall–Kier alpha value is 0.230. The summed E-state index contributed by atoms with van der Waals surface area (Å²) in [4.78, 5) is 0. The zero-order valence-electron chi connectivity index (χ0n) is 18.2. The van der Waals surface area contributed by atoms with Gasteiger partial charge in [-0.05, 0) is 124 Å². The molecule has 0 radical (unpaired) electrons. The van der Waals surface area contributed by atoms with Gasteiger partial charge in [0.05, 0.1) is 5.54 Å². The van der Waals surface area contributed by atoms with Crippen LogP contribution in [0.2, 0.25) is 0 Å². The first-order chi connectivity index (χ1) is 12.0. The van der Waals surface area contributed by atoms with E-state index in [1.54, 1.807) is 19.3 Å². The first-order valence-corrected chi connectivity index (χ1v) is 14.3. The number of nitrogens with zero attached hydrogens (tertiary/aromatic N) is 1. The molecule has 0 amide bonds. The fourth-order valence-electron chi connectivity index (χ4n) is 9.51. The van der Waals surface area contributed by atoms with Crippen LogP contribution in [-0.2, 0) is 0 Å². The summed E-state index contributed by atoms with van der Waals surface area (Å²) in [7, 11) is -1.18. The van der Waals surface area contributed by atoms with Crippen LogP contribution < -0.4 is 0 Å². The molecule has 26 heavy (non-hydrogen) atoms. The Morgan fingerprint density at radius 3 is 1.54 bits per heavy atom. The fourth-order valence-corrected chi connectivity index (χ4v) is 12.5. The molecule has 6 saturated carbocycles. The van der Waals surface area contributed by atoms with Crippen molar-refractivity contribution < 1.29 is 0 Å². The van der Waals surface area contributed by atoms with Gasteiger partial charge >= 0.3 is 0 Å². The molecular formula is C24H42NP. The summed E-state index contributed by atoms with van der Waals surface area (Å²) in [6.07, 6.45) is 13.4. The minimum Gasteiger partial charge on any atom is -0.297 e. The van der Waals surface area contributed by atoms with Crippen LogP contribution in [0.5, 0.6) is 0 Å². The molecule has 2 heteroatoms. The molecule has 0 heterocycles. The molecule has 0 N–H and O–H groups in total. The maximum Gasteiger partial charge on any atom is 0.0601 e. The van der Waals surface area contributed by atoms with Crippen molar-refractivity contribution >= 4 is 7.05 Å². The van der Waals surface area contributed by atoms with E-state index < -0.39 is 7.05 Å². The molecule has 2 unspecified atom stereocenters. The van der Waals surface area contributed by atoms with Crippen LogP contribution >= 0.6 is 7.05 Å². The zero-order valence-corrected chi connectivity index (χ0v) is 19.1. The lowest BCUT2D eigenvalue weighted by Crippen LogP contribution is -2.49. The summed E-state index contributed by atoms with van der Waals surface area (Å²) in [5.74, 6) is 5.00. The third-order valence-corrected chi connectivity index (χ3v) is 13.0. The van der Waals surface area contributed by atoms with E-state index >= 15 is 0 Å². The third kappa shape index (κ3) is 2.73. The van der Waals surface area contributed by atoms with E-state index in [-0.39, 0.29) is 0 Å². The van der Waals surface area contributed by atoms with E-state index in [9.17, 15) is 0 Å². The summed E-state index contributed by atoms with van der Waals surface area (Å²) >= 11 is 0. The number of hydrogen-bond acceptors (Lipinski definition) is 1. The standard InChI is InChI=1S/C24H42NP/c1-22(2)15-23(3,4)21-11-19(10-20(21)22)26(5,6)25-24-12-16-7-17(13-24)9-18(8-16)14-24/h16-21H,7-15H2,1-6H3. The second kappa shape index (κ2) is 5.43. The first-order valence-electron chi connectivity index (χ1n) is 11.6. The molecule has 6 aliphatic rings. The molecule has 4 bridgehead atoms. The van der Waals surface area contributed by atoms with Gasteiger partial charge in [-0.25, -0.2) is 0 Å². The first kappa shape index (κ1) is 18.3. The van der Waals surface area contributed by atoms with Crippen molar-refractivity contribution in [2.24, 2.45) is 45.2 Å². The maximum atomic E-state index is 5.92. The highest BCUT2D eigenvalue weighted by Gasteiger charge is 2.58. The molecule has 6 rings (SSSR count). The second-order valence-electron chi connectivity index (χ2n) is 13.2. The summed E-state index contributed by atoms with van der Waals surface area (Å²) < 4.78 is 5.92. The van der Waals surface area contributed by atoms with Gasteiger partial charge in [0.2, 0.25) is 0 Å². The minimum absolute atomic E-state index is 0.425. The predicted molar refractivity (Wildman–Crippen MR) is 114 cm³/mol. The predicted octanol–water partition coefficient (Wildman–Crippen LogP) is 7.27. The van der Waals surface area contributed by atoms with Crippen LogP contribution in [0.3, 0.4) is 0 Å². The molecule has 0 saturated heterocycles. The Kier molecular flexibility index (Phi) is 3.82. The average Bonchev–Trinajstić information content (AvgIpc) is 2.96. The molecular weight excluding hydrogens is 333 g/mol. The Labute approximate surface area is 162 Å². The summed E-state index contributed by atoms with van der Waals surface area (Å²) in [5, 5.41) is 0. The van der Waals surface area contributed by atoms with Crippen LogP contribution in [0.15, 0.2) is 4.74 Å². The van der Waals surface area contributed by atoms with Crippen LogP contribution in [0.25, 0.3) is 0 Å². The monoisotopic (exact) mass is 375 g/mol. The summed E-state index contributed by atoms with van der Waals surface area (Å²) in [6, 6.07) is 0. The van der Waals surface area contributed by atoms with Crippen molar-refractivity contribution in [3.63, 3.8) is 0 Å². The lowest BCUT2D eigenvalue weighted by molar-refractivity contribution is 0.00243. The van der Waals surface area contributed by atoms with Gasteiger partial charge in [-0.2, -0.15) is 0 Å². The van der Waals surface area contributed by atoms with Crippen molar-refractivity contribution in [3.8, 4) is 0 Å². The van der Waals surface area contributed by atoms with Gasteiger partial charge < -0.3 is 0 Å². The molecule has 0 spiro atoms. The third-order valence-electron chi connectivity index (χ3n) is 9.83. The molecule has 148 valence electrons. The number of fused-ring (bicyclic) bond motifs is 1. The topological polar surface area (TPSA) is 12.4 Å². The molecule has 0 aromatic rings. The van der Waals surface area contributed by atoms with Gasteiger partial charge in [0.1, 0.15) is 0 Å². The second-order valence-corrected chi connectivity index (χ2v) is 17.1. The maximum absolute atomic E-state index is 5.92. The van der Waals surface area contributed by atoms with Gasteiger partial charge in [-0.1, -0.05) is 27.7 Å². The van der Waals surface area contributed by atoms with Gasteiger partial charge in [-0.3, -0.25) is 4.74 Å². The van der Waals surface area contributed by atoms with Gasteiger partial charge in [0.15, 0.2) is 0 Å². The highest BCUT2D eigenvalue weighted by Crippen LogP contribution is 2.69. The van der Waals surface area contributed by atoms with Crippen LogP contribution in [0.1, 0.15) is 85.5 Å². The molecule has 0 aromatic heterocycles. The van der Waals surface area contributed by atoms with Gasteiger partial charge in [0, 0.05) is 0 Å². The van der Waals surface area contributed by atoms with Crippen molar-refractivity contribution in [1.82, 2.24) is 0 Å². The van der Waals surface area contributed by atoms with Crippen LogP contribution in [0, 0.1) is 40.4 Å². The number of rotatable bonds is 2. The van der Waals surface area contributed by atoms with Crippen molar-refractivity contribution in [2.75, 3.05) is 13.3 Å². The fraction of sp³-hybridized carbons (Fsp3) is 1.00. The van der Waals surface area contributed by atoms with E-state index in [2.05, 4.69) is 41.0 Å². The molecule has 0 aromatic carbocycles. The minimum atomic E-state index is -1.18. The smallest absolute Gasteiger partial charge is 0.0601 e. The molecule has 6 fully saturated rings. The quantitative estimate of drug-likeness (QED) is 0.450. The highest BCUT2D eigenvalue weighted by molar-refractivity contribution is 7.65. The molecule has 1 nitrogen and oxygen atoms in total. The van der Waals surface area contributed by atoms with E-state index in [0.717, 1.165) is 35.2 Å². The lowest BCUT2D eigenvalue weighted by atomic mass is 9.53. The normalized spacial score (nSPS) is 50.8. The SMILES string of the molecule is CC1(C)CC(C)(C)C2CC(P(C)(C)=NC34CC5CC(CC(C5)C3)C4)CC21. The van der Waals surface area contributed by atoms with Gasteiger partial charge in [0.25, 0.3) is 0 Å². The van der Waals surface area contributed by atoms with Crippen LogP contribution in [-0.4, -0.2) is 24.5 Å². The zero-order chi connectivity index (χ0) is 18.5. The van der Waals surface area contributed by atoms with E-state index in [1.165, 1.54) is 38.5 Å². The summed E-state index contributed by atoms with van der Waals surface area (Å²) in [6.45, 7) is 15.5.